The maximum Gasteiger partial charge on any atom is 0.222 e. The molecule has 1 saturated heterocycles. The molecular weight excluding hydrogens is 376 g/mol. The molecule has 1 unspecified atom stereocenters. The molecule has 2 aliphatic rings. The predicted octanol–water partition coefficient (Wildman–Crippen LogP) is 3.15. The molecule has 0 bridgehead atoms. The van der Waals surface area contributed by atoms with Crippen molar-refractivity contribution in [1.29, 1.82) is 0 Å². The van der Waals surface area contributed by atoms with Crippen LogP contribution >= 0.6 is 0 Å². The largest absolute Gasteiger partial charge is 0.384 e. The van der Waals surface area contributed by atoms with E-state index in [1.807, 2.05) is 54.6 Å². The first-order valence-corrected chi connectivity index (χ1v) is 9.70. The highest BCUT2D eigenvalue weighted by atomic mass is 16.7. The van der Waals surface area contributed by atoms with E-state index in [-0.39, 0.29) is 5.84 Å². The summed E-state index contributed by atoms with van der Waals surface area (Å²) in [6.45, 7) is 1.00. The van der Waals surface area contributed by atoms with Crippen LogP contribution in [0.1, 0.15) is 27.8 Å². The van der Waals surface area contributed by atoms with Gasteiger partial charge in [0.25, 0.3) is 0 Å². The molecule has 30 heavy (non-hydrogen) atoms. The number of rotatable bonds is 3. The van der Waals surface area contributed by atoms with Crippen LogP contribution in [0, 0.1) is 12.3 Å². The van der Waals surface area contributed by atoms with Gasteiger partial charge in [0.05, 0.1) is 18.9 Å². The molecule has 0 saturated carbocycles. The lowest BCUT2D eigenvalue weighted by Crippen LogP contribution is -2.39. The van der Waals surface area contributed by atoms with E-state index in [1.165, 1.54) is 0 Å². The summed E-state index contributed by atoms with van der Waals surface area (Å²) in [5.74, 6) is 1.74. The number of nitrogens with two attached hydrogens (primary N) is 1. The van der Waals surface area contributed by atoms with Crippen molar-refractivity contribution in [3.63, 3.8) is 0 Å². The molecule has 0 spiro atoms. The predicted molar refractivity (Wildman–Crippen MR) is 114 cm³/mol. The molecule has 2 aliphatic heterocycles. The summed E-state index contributed by atoms with van der Waals surface area (Å²) < 4.78 is 12.1. The van der Waals surface area contributed by atoms with Crippen molar-refractivity contribution in [3.8, 4) is 12.3 Å². The lowest BCUT2D eigenvalue weighted by Gasteiger charge is -2.30. The second-order valence-electron chi connectivity index (χ2n) is 7.34. The first-order valence-electron chi connectivity index (χ1n) is 9.70. The number of hydrogen-bond acceptors (Lipinski definition) is 5. The third-order valence-electron chi connectivity index (χ3n) is 5.70. The summed E-state index contributed by atoms with van der Waals surface area (Å²) >= 11 is 0. The van der Waals surface area contributed by atoms with E-state index in [2.05, 4.69) is 10.9 Å². The number of ether oxygens (including phenoxy) is 2. The zero-order valence-corrected chi connectivity index (χ0v) is 16.2. The van der Waals surface area contributed by atoms with Gasteiger partial charge in [0.15, 0.2) is 5.60 Å². The lowest BCUT2D eigenvalue weighted by atomic mass is 9.84. The van der Waals surface area contributed by atoms with Gasteiger partial charge in [-0.15, -0.1) is 6.42 Å². The standard InChI is InChI=1S/C25H20N2O3/c1-2-17-8-13-22-21(16-17)24(28,23(26)27-22)18-9-11-20(12-10-18)25(29-14-15-30-25)19-6-4-3-5-7-19/h1,3-13,16,28H,14-15H2,(H2,26,27). The Morgan fingerprint density at radius 1 is 0.900 bits per heavy atom. The average Bonchev–Trinajstić information content (AvgIpc) is 3.39. The molecule has 0 radical (unpaired) electrons. The van der Waals surface area contributed by atoms with Crippen LogP contribution in [0.4, 0.5) is 5.69 Å². The summed E-state index contributed by atoms with van der Waals surface area (Å²) in [6, 6.07) is 22.6. The molecule has 3 aromatic carbocycles. The van der Waals surface area contributed by atoms with Crippen molar-refractivity contribution in [2.24, 2.45) is 10.7 Å². The van der Waals surface area contributed by atoms with E-state index in [0.717, 1.165) is 11.1 Å². The smallest absolute Gasteiger partial charge is 0.222 e. The number of terminal acetylenes is 1. The Bertz CT molecular complexity index is 1170. The summed E-state index contributed by atoms with van der Waals surface area (Å²) in [7, 11) is 0. The lowest BCUT2D eigenvalue weighted by molar-refractivity contribution is -0.129. The fraction of sp³-hybridized carbons (Fsp3) is 0.160. The maximum atomic E-state index is 11.6. The highest BCUT2D eigenvalue weighted by Gasteiger charge is 2.44. The molecule has 148 valence electrons. The van der Waals surface area contributed by atoms with Gasteiger partial charge in [0, 0.05) is 22.3 Å². The third-order valence-corrected chi connectivity index (χ3v) is 5.70. The summed E-state index contributed by atoms with van der Waals surface area (Å²) in [6.07, 6.45) is 5.54. The van der Waals surface area contributed by atoms with Crippen LogP contribution in [0.3, 0.4) is 0 Å². The molecule has 1 atom stereocenters. The number of amidine groups is 1. The van der Waals surface area contributed by atoms with Crippen molar-refractivity contribution < 1.29 is 14.6 Å². The van der Waals surface area contributed by atoms with Crippen LogP contribution in [-0.4, -0.2) is 24.2 Å². The number of nitrogens with zero attached hydrogens (tertiary/aromatic N) is 1. The van der Waals surface area contributed by atoms with E-state index in [0.29, 0.717) is 35.6 Å². The van der Waals surface area contributed by atoms with E-state index in [1.54, 1.807) is 18.2 Å². The van der Waals surface area contributed by atoms with Crippen LogP contribution in [-0.2, 0) is 20.9 Å². The zero-order chi connectivity index (χ0) is 20.8. The van der Waals surface area contributed by atoms with Crippen LogP contribution in [0.2, 0.25) is 0 Å². The topological polar surface area (TPSA) is 77.1 Å². The van der Waals surface area contributed by atoms with Crippen LogP contribution < -0.4 is 5.73 Å². The number of aliphatic hydroxyl groups is 1. The van der Waals surface area contributed by atoms with E-state index in [9.17, 15) is 5.11 Å². The number of aliphatic imine (C=N–C) groups is 1. The zero-order valence-electron chi connectivity index (χ0n) is 16.2. The Morgan fingerprint density at radius 3 is 2.20 bits per heavy atom. The highest BCUT2D eigenvalue weighted by Crippen LogP contribution is 2.44. The van der Waals surface area contributed by atoms with Crippen molar-refractivity contribution in [3.05, 3.63) is 101 Å². The molecule has 3 aromatic rings. The minimum atomic E-state index is -1.54. The van der Waals surface area contributed by atoms with Gasteiger partial charge in [-0.05, 0) is 23.8 Å². The summed E-state index contributed by atoms with van der Waals surface area (Å²) in [4.78, 5) is 4.34. The Balaban J connectivity index is 1.58. The minimum absolute atomic E-state index is 0.116. The number of benzene rings is 3. The van der Waals surface area contributed by atoms with Crippen LogP contribution in [0.25, 0.3) is 0 Å². The first-order chi connectivity index (χ1) is 14.6. The second-order valence-corrected chi connectivity index (χ2v) is 7.34. The van der Waals surface area contributed by atoms with Gasteiger partial charge < -0.3 is 20.3 Å². The Labute approximate surface area is 174 Å². The average molecular weight is 396 g/mol. The van der Waals surface area contributed by atoms with Gasteiger partial charge in [-0.2, -0.15) is 0 Å². The summed E-state index contributed by atoms with van der Waals surface area (Å²) in [5, 5.41) is 11.6. The normalized spacial score (nSPS) is 21.7. The SMILES string of the molecule is C#Cc1ccc2c(c1)C(O)(c1ccc(C3(c4ccccc4)OCCO3)cc1)C(N)=N2. The van der Waals surface area contributed by atoms with Crippen molar-refractivity contribution in [2.45, 2.75) is 11.4 Å². The molecule has 0 aromatic heterocycles. The monoisotopic (exact) mass is 396 g/mol. The maximum absolute atomic E-state index is 11.6. The van der Waals surface area contributed by atoms with Gasteiger partial charge >= 0.3 is 0 Å². The van der Waals surface area contributed by atoms with Gasteiger partial charge in [0.1, 0.15) is 5.84 Å². The quantitative estimate of drug-likeness (QED) is 0.667. The Hall–Kier alpha value is -3.43. The molecule has 5 rings (SSSR count). The molecule has 0 aliphatic carbocycles. The van der Waals surface area contributed by atoms with Gasteiger partial charge in [-0.3, -0.25) is 0 Å². The van der Waals surface area contributed by atoms with E-state index >= 15 is 0 Å². The van der Waals surface area contributed by atoms with Crippen molar-refractivity contribution in [2.75, 3.05) is 13.2 Å². The van der Waals surface area contributed by atoms with Crippen molar-refractivity contribution >= 4 is 11.5 Å². The fourth-order valence-electron chi connectivity index (χ4n) is 4.17. The Morgan fingerprint density at radius 2 is 1.53 bits per heavy atom. The molecule has 3 N–H and O–H groups in total. The number of fused-ring (bicyclic) bond motifs is 1. The van der Waals surface area contributed by atoms with Crippen LogP contribution in [0.15, 0.2) is 77.8 Å². The summed E-state index contributed by atoms with van der Waals surface area (Å²) in [5.41, 5.74) is 8.82. The molecular formula is C25H20N2O3. The van der Waals surface area contributed by atoms with Crippen molar-refractivity contribution in [1.82, 2.24) is 0 Å². The van der Waals surface area contributed by atoms with Gasteiger partial charge in [-0.25, -0.2) is 4.99 Å². The highest BCUT2D eigenvalue weighted by molar-refractivity contribution is 6.00. The molecule has 5 nitrogen and oxygen atoms in total. The fourth-order valence-corrected chi connectivity index (χ4v) is 4.17. The van der Waals surface area contributed by atoms with E-state index < -0.39 is 11.4 Å². The van der Waals surface area contributed by atoms with Gasteiger partial charge in [-0.1, -0.05) is 60.5 Å². The van der Waals surface area contributed by atoms with Crippen LogP contribution in [0.5, 0.6) is 0 Å². The second kappa shape index (κ2) is 6.82. The molecule has 5 heteroatoms. The minimum Gasteiger partial charge on any atom is -0.384 e. The first kappa shape index (κ1) is 18.6. The molecule has 1 fully saturated rings. The van der Waals surface area contributed by atoms with E-state index in [4.69, 9.17) is 21.6 Å². The Kier molecular flexibility index (Phi) is 4.23. The van der Waals surface area contributed by atoms with Gasteiger partial charge in [0.2, 0.25) is 5.79 Å². The third kappa shape index (κ3) is 2.59. The molecule has 0 amide bonds. The molecule has 2 heterocycles. The number of hydrogen-bond donors (Lipinski definition) is 2.